The normalized spacial score (nSPS) is 11.0. The molecule has 6 heteroatoms. The van der Waals surface area contributed by atoms with Gasteiger partial charge in [0.25, 0.3) is 0 Å². The zero-order valence-corrected chi connectivity index (χ0v) is 17.8. The first kappa shape index (κ1) is 19.1. The van der Waals surface area contributed by atoms with Gasteiger partial charge in [0, 0.05) is 23.2 Å². The zero-order chi connectivity index (χ0) is 19.7. The molecule has 2 heterocycles. The van der Waals surface area contributed by atoms with Crippen LogP contribution in [-0.4, -0.2) is 16.7 Å². The van der Waals surface area contributed by atoms with Gasteiger partial charge in [-0.2, -0.15) is 0 Å². The van der Waals surface area contributed by atoms with Crippen molar-refractivity contribution in [1.29, 1.82) is 0 Å². The Morgan fingerprint density at radius 3 is 2.50 bits per heavy atom. The van der Waals surface area contributed by atoms with Gasteiger partial charge in [-0.05, 0) is 61.0 Å². The fourth-order valence-electron chi connectivity index (χ4n) is 3.08. The molecule has 0 saturated carbocycles. The second kappa shape index (κ2) is 8.00. The Kier molecular flexibility index (Phi) is 5.44. The summed E-state index contributed by atoms with van der Waals surface area (Å²) in [5.41, 5.74) is 5.39. The van der Waals surface area contributed by atoms with E-state index in [1.165, 1.54) is 5.69 Å². The lowest BCUT2D eigenvalue weighted by atomic mass is 10.2. The van der Waals surface area contributed by atoms with Crippen molar-refractivity contribution >= 4 is 34.5 Å². The van der Waals surface area contributed by atoms with E-state index in [2.05, 4.69) is 29.0 Å². The van der Waals surface area contributed by atoms with Crippen molar-refractivity contribution in [1.82, 2.24) is 9.55 Å². The van der Waals surface area contributed by atoms with Crippen molar-refractivity contribution in [3.63, 3.8) is 0 Å². The molecule has 0 aliphatic rings. The number of benzene rings is 2. The van der Waals surface area contributed by atoms with Gasteiger partial charge < -0.3 is 9.30 Å². The highest BCUT2D eigenvalue weighted by atomic mass is 35.5. The van der Waals surface area contributed by atoms with Crippen LogP contribution < -0.4 is 4.74 Å². The Morgan fingerprint density at radius 2 is 1.79 bits per heavy atom. The zero-order valence-electron chi connectivity index (χ0n) is 15.4. The molecule has 3 nitrogen and oxygen atoms in total. The number of aromatic nitrogens is 2. The highest BCUT2D eigenvalue weighted by Gasteiger charge is 2.13. The minimum atomic E-state index is 0.568. The highest BCUT2D eigenvalue weighted by Crippen LogP contribution is 2.31. The van der Waals surface area contributed by atoms with Crippen LogP contribution in [0.15, 0.2) is 60.0 Å². The summed E-state index contributed by atoms with van der Waals surface area (Å²) in [5, 5.41) is 4.22. The van der Waals surface area contributed by atoms with Crippen LogP contribution in [0, 0.1) is 6.92 Å². The molecule has 0 bridgehead atoms. The van der Waals surface area contributed by atoms with E-state index in [1.807, 2.05) is 42.5 Å². The molecule has 28 heavy (non-hydrogen) atoms. The fourth-order valence-corrected chi connectivity index (χ4v) is 4.22. The van der Waals surface area contributed by atoms with E-state index in [1.54, 1.807) is 18.4 Å². The third kappa shape index (κ3) is 3.81. The second-order valence-corrected chi connectivity index (χ2v) is 8.13. The van der Waals surface area contributed by atoms with Crippen molar-refractivity contribution in [2.24, 2.45) is 0 Å². The Hall–Kier alpha value is -2.27. The standard InChI is InChI=1S/C22H18Cl2N2OS/c1-14-3-10-21(26(14)12-15-4-9-18(23)19(24)11-15)20-13-28-22(25-20)16-5-7-17(27-2)8-6-16/h3-11,13H,12H2,1-2H3. The average molecular weight is 429 g/mol. The van der Waals surface area contributed by atoms with Crippen LogP contribution in [0.25, 0.3) is 22.0 Å². The summed E-state index contributed by atoms with van der Waals surface area (Å²) >= 11 is 13.9. The monoisotopic (exact) mass is 428 g/mol. The number of ether oxygens (including phenoxy) is 1. The summed E-state index contributed by atoms with van der Waals surface area (Å²) in [4.78, 5) is 4.86. The van der Waals surface area contributed by atoms with Crippen molar-refractivity contribution in [2.45, 2.75) is 13.5 Å². The molecular weight excluding hydrogens is 411 g/mol. The molecule has 0 fully saturated rings. The summed E-state index contributed by atoms with van der Waals surface area (Å²) in [6, 6.07) is 17.9. The largest absolute Gasteiger partial charge is 0.497 e. The molecule has 0 spiro atoms. The third-order valence-electron chi connectivity index (χ3n) is 4.63. The van der Waals surface area contributed by atoms with Gasteiger partial charge in [-0.1, -0.05) is 29.3 Å². The fraction of sp³-hybridized carbons (Fsp3) is 0.136. The molecule has 4 rings (SSSR count). The Labute approximate surface area is 178 Å². The van der Waals surface area contributed by atoms with E-state index < -0.39 is 0 Å². The van der Waals surface area contributed by atoms with E-state index >= 15 is 0 Å². The maximum atomic E-state index is 6.18. The van der Waals surface area contributed by atoms with Crippen LogP contribution in [-0.2, 0) is 6.54 Å². The maximum Gasteiger partial charge on any atom is 0.124 e. The quantitative estimate of drug-likeness (QED) is 0.343. The van der Waals surface area contributed by atoms with Crippen molar-refractivity contribution < 1.29 is 4.74 Å². The van der Waals surface area contributed by atoms with Crippen LogP contribution in [0.4, 0.5) is 0 Å². The van der Waals surface area contributed by atoms with E-state index in [0.717, 1.165) is 33.3 Å². The minimum Gasteiger partial charge on any atom is -0.497 e. The van der Waals surface area contributed by atoms with Gasteiger partial charge in [-0.15, -0.1) is 11.3 Å². The van der Waals surface area contributed by atoms with E-state index in [9.17, 15) is 0 Å². The molecule has 0 N–H and O–H groups in total. The van der Waals surface area contributed by atoms with E-state index in [0.29, 0.717) is 16.6 Å². The number of thiazole rings is 1. The number of nitrogens with zero attached hydrogens (tertiary/aromatic N) is 2. The molecule has 0 aliphatic heterocycles. The number of hydrogen-bond donors (Lipinski definition) is 0. The minimum absolute atomic E-state index is 0.568. The molecule has 2 aromatic carbocycles. The molecule has 4 aromatic rings. The topological polar surface area (TPSA) is 27.1 Å². The first-order chi connectivity index (χ1) is 13.5. The first-order valence-electron chi connectivity index (χ1n) is 8.75. The summed E-state index contributed by atoms with van der Waals surface area (Å²) in [6.07, 6.45) is 0. The maximum absolute atomic E-state index is 6.18. The molecule has 142 valence electrons. The molecule has 2 aromatic heterocycles. The summed E-state index contributed by atoms with van der Waals surface area (Å²) in [7, 11) is 1.67. The lowest BCUT2D eigenvalue weighted by molar-refractivity contribution is 0.415. The van der Waals surface area contributed by atoms with Crippen LogP contribution >= 0.6 is 34.5 Å². The lowest BCUT2D eigenvalue weighted by Gasteiger charge is -2.11. The molecule has 0 unspecified atom stereocenters. The van der Waals surface area contributed by atoms with Crippen molar-refractivity contribution in [3.05, 3.63) is 81.3 Å². The van der Waals surface area contributed by atoms with Crippen LogP contribution in [0.5, 0.6) is 5.75 Å². The number of aryl methyl sites for hydroxylation is 1. The van der Waals surface area contributed by atoms with Gasteiger partial charge in [-0.25, -0.2) is 4.98 Å². The van der Waals surface area contributed by atoms with Gasteiger partial charge in [0.2, 0.25) is 0 Å². The number of methoxy groups -OCH3 is 1. The number of halogens is 2. The van der Waals surface area contributed by atoms with Crippen LogP contribution in [0.1, 0.15) is 11.3 Å². The highest BCUT2D eigenvalue weighted by molar-refractivity contribution is 7.13. The SMILES string of the molecule is COc1ccc(-c2nc(-c3ccc(C)n3Cc3ccc(Cl)c(Cl)c3)cs2)cc1. The summed E-state index contributed by atoms with van der Waals surface area (Å²) in [6.45, 7) is 2.80. The van der Waals surface area contributed by atoms with Gasteiger partial charge in [0.05, 0.1) is 28.5 Å². The molecular formula is C22H18Cl2N2OS. The van der Waals surface area contributed by atoms with Gasteiger partial charge >= 0.3 is 0 Å². The first-order valence-corrected chi connectivity index (χ1v) is 10.4. The van der Waals surface area contributed by atoms with Crippen molar-refractivity contribution in [3.8, 4) is 27.7 Å². The second-order valence-electron chi connectivity index (χ2n) is 6.46. The molecule has 0 saturated heterocycles. The van der Waals surface area contributed by atoms with Crippen LogP contribution in [0.2, 0.25) is 10.0 Å². The Bertz CT molecular complexity index is 1120. The molecule has 0 atom stereocenters. The predicted molar refractivity (Wildman–Crippen MR) is 118 cm³/mol. The Balaban J connectivity index is 1.65. The van der Waals surface area contributed by atoms with Gasteiger partial charge in [0.1, 0.15) is 10.8 Å². The van der Waals surface area contributed by atoms with Crippen molar-refractivity contribution in [2.75, 3.05) is 7.11 Å². The summed E-state index contributed by atoms with van der Waals surface area (Å²) in [5.74, 6) is 0.839. The van der Waals surface area contributed by atoms with Gasteiger partial charge in [0.15, 0.2) is 0 Å². The smallest absolute Gasteiger partial charge is 0.124 e. The molecule has 0 amide bonds. The van der Waals surface area contributed by atoms with Crippen LogP contribution in [0.3, 0.4) is 0 Å². The van der Waals surface area contributed by atoms with E-state index in [4.69, 9.17) is 32.9 Å². The predicted octanol–water partition coefficient (Wildman–Crippen LogP) is 6.95. The number of hydrogen-bond acceptors (Lipinski definition) is 3. The van der Waals surface area contributed by atoms with E-state index in [-0.39, 0.29) is 0 Å². The third-order valence-corrected chi connectivity index (χ3v) is 6.26. The average Bonchev–Trinajstić information content (AvgIpc) is 3.32. The molecule has 0 radical (unpaired) electrons. The van der Waals surface area contributed by atoms with Gasteiger partial charge in [-0.3, -0.25) is 0 Å². The Morgan fingerprint density at radius 1 is 1.00 bits per heavy atom. The number of rotatable bonds is 5. The molecule has 0 aliphatic carbocycles. The summed E-state index contributed by atoms with van der Waals surface area (Å²) < 4.78 is 7.47. The lowest BCUT2D eigenvalue weighted by Crippen LogP contribution is -2.04.